The molecule has 1 unspecified atom stereocenters. The van der Waals surface area contributed by atoms with Gasteiger partial charge >= 0.3 is 5.97 Å². The summed E-state index contributed by atoms with van der Waals surface area (Å²) in [6.07, 6.45) is 0.728. The maximum Gasteiger partial charge on any atom is 0.376 e. The number of ketones is 1. The molecule has 7 heteroatoms. The van der Waals surface area contributed by atoms with Gasteiger partial charge < -0.3 is 14.2 Å². The monoisotopic (exact) mass is 318 g/mol. The van der Waals surface area contributed by atoms with Gasteiger partial charge in [0.2, 0.25) is 0 Å². The molecule has 0 amide bonds. The molecule has 0 N–H and O–H groups in total. The number of carbonyl (C=O) groups excluding carboxylic acids is 2. The molecule has 5 nitrogen and oxygen atoms in total. The van der Waals surface area contributed by atoms with Gasteiger partial charge in [0.05, 0.1) is 25.3 Å². The Kier molecular flexibility index (Phi) is 4.73. The molecular weight excluding hydrogens is 307 g/mol. The minimum Gasteiger partial charge on any atom is -0.489 e. The third-order valence-corrected chi connectivity index (χ3v) is 3.46. The number of esters is 1. The summed E-state index contributed by atoms with van der Waals surface area (Å²) in [6.45, 7) is 0.974. The first-order valence-electron chi connectivity index (χ1n) is 5.90. The molecule has 1 aromatic carbocycles. The summed E-state index contributed by atoms with van der Waals surface area (Å²) in [5.74, 6) is -1.04. The first-order chi connectivity index (χ1) is 9.54. The molecule has 1 heterocycles. The lowest BCUT2D eigenvalue weighted by atomic mass is 10.1. The Labute approximate surface area is 125 Å². The number of benzene rings is 1. The van der Waals surface area contributed by atoms with Gasteiger partial charge in [-0.15, -0.1) is 11.6 Å². The highest BCUT2D eigenvalue weighted by Crippen LogP contribution is 2.40. The van der Waals surface area contributed by atoms with Crippen molar-refractivity contribution in [3.05, 3.63) is 22.7 Å². The van der Waals surface area contributed by atoms with Crippen LogP contribution >= 0.6 is 23.2 Å². The van der Waals surface area contributed by atoms with Gasteiger partial charge in [0.15, 0.2) is 11.5 Å². The van der Waals surface area contributed by atoms with Crippen LogP contribution < -0.4 is 9.47 Å². The van der Waals surface area contributed by atoms with E-state index in [2.05, 4.69) is 4.74 Å². The number of alkyl halides is 1. The van der Waals surface area contributed by atoms with E-state index in [0.29, 0.717) is 30.3 Å². The smallest absolute Gasteiger partial charge is 0.376 e. The van der Waals surface area contributed by atoms with Crippen molar-refractivity contribution in [1.29, 1.82) is 0 Å². The molecular formula is C13H12Cl2O5. The number of hydrogen-bond donors (Lipinski definition) is 0. The summed E-state index contributed by atoms with van der Waals surface area (Å²) in [7, 11) is 1.12. The fourth-order valence-corrected chi connectivity index (χ4v) is 2.24. The molecule has 0 spiro atoms. The SMILES string of the molecule is COC(=O)C(=O)C(Cl)c1cc(Cl)c2c(c1)OCCCO2. The number of rotatable bonds is 3. The molecule has 1 aliphatic rings. The average molecular weight is 319 g/mol. The first-order valence-corrected chi connectivity index (χ1v) is 6.71. The van der Waals surface area contributed by atoms with E-state index in [1.54, 1.807) is 6.07 Å². The van der Waals surface area contributed by atoms with Gasteiger partial charge in [-0.2, -0.15) is 0 Å². The molecule has 1 aromatic rings. The number of hydrogen-bond acceptors (Lipinski definition) is 5. The molecule has 0 radical (unpaired) electrons. The highest BCUT2D eigenvalue weighted by molar-refractivity contribution is 6.47. The van der Waals surface area contributed by atoms with Crippen molar-refractivity contribution in [2.24, 2.45) is 0 Å². The van der Waals surface area contributed by atoms with Gasteiger partial charge in [-0.25, -0.2) is 4.79 Å². The number of Topliss-reactive ketones (excluding diaryl/α,β-unsaturated/α-hetero) is 1. The van der Waals surface area contributed by atoms with Crippen LogP contribution in [-0.2, 0) is 14.3 Å². The van der Waals surface area contributed by atoms with Crippen molar-refractivity contribution >= 4 is 35.0 Å². The van der Waals surface area contributed by atoms with E-state index in [1.165, 1.54) is 6.07 Å². The van der Waals surface area contributed by atoms with Gasteiger partial charge in [-0.1, -0.05) is 11.6 Å². The summed E-state index contributed by atoms with van der Waals surface area (Å²) >= 11 is 12.1. The predicted molar refractivity (Wildman–Crippen MR) is 72.7 cm³/mol. The molecule has 20 heavy (non-hydrogen) atoms. The van der Waals surface area contributed by atoms with Crippen LogP contribution in [0.1, 0.15) is 17.4 Å². The second-order valence-corrected chi connectivity index (χ2v) is 4.94. The Bertz CT molecular complexity index is 544. The van der Waals surface area contributed by atoms with Crippen molar-refractivity contribution in [1.82, 2.24) is 0 Å². The van der Waals surface area contributed by atoms with Crippen LogP contribution in [0.4, 0.5) is 0 Å². The van der Waals surface area contributed by atoms with Gasteiger partial charge in [0.1, 0.15) is 5.38 Å². The second kappa shape index (κ2) is 6.33. The van der Waals surface area contributed by atoms with Crippen LogP contribution in [0.25, 0.3) is 0 Å². The van der Waals surface area contributed by atoms with Crippen LogP contribution in [-0.4, -0.2) is 32.1 Å². The Balaban J connectivity index is 2.34. The van der Waals surface area contributed by atoms with Crippen LogP contribution in [0.5, 0.6) is 11.5 Å². The minimum absolute atomic E-state index is 0.280. The quantitative estimate of drug-likeness (QED) is 0.487. The van der Waals surface area contributed by atoms with E-state index < -0.39 is 17.1 Å². The summed E-state index contributed by atoms with van der Waals surface area (Å²) < 4.78 is 15.3. The largest absolute Gasteiger partial charge is 0.489 e. The zero-order valence-corrected chi connectivity index (χ0v) is 12.2. The molecule has 0 bridgehead atoms. The third-order valence-electron chi connectivity index (χ3n) is 2.73. The molecule has 1 atom stereocenters. The molecule has 0 saturated heterocycles. The topological polar surface area (TPSA) is 61.8 Å². The van der Waals surface area contributed by atoms with Crippen molar-refractivity contribution < 1.29 is 23.8 Å². The Hall–Kier alpha value is -1.46. The average Bonchev–Trinajstić information content (AvgIpc) is 2.70. The van der Waals surface area contributed by atoms with Gasteiger partial charge in [0, 0.05) is 6.42 Å². The van der Waals surface area contributed by atoms with E-state index in [9.17, 15) is 9.59 Å². The number of methoxy groups -OCH3 is 1. The number of ether oxygens (including phenoxy) is 3. The maximum atomic E-state index is 11.7. The van der Waals surface area contributed by atoms with Crippen LogP contribution in [0.15, 0.2) is 12.1 Å². The lowest BCUT2D eigenvalue weighted by Crippen LogP contribution is -2.20. The standard InChI is InChI=1S/C13H12Cl2O5/c1-18-13(17)11(16)10(15)7-5-8(14)12-9(6-7)19-3-2-4-20-12/h5-6,10H,2-4H2,1H3. The third kappa shape index (κ3) is 2.99. The minimum atomic E-state index is -1.18. The summed E-state index contributed by atoms with van der Waals surface area (Å²) in [4.78, 5) is 22.9. The molecule has 0 saturated carbocycles. The van der Waals surface area contributed by atoms with Crippen LogP contribution in [0.2, 0.25) is 5.02 Å². The van der Waals surface area contributed by atoms with Crippen molar-refractivity contribution in [3.63, 3.8) is 0 Å². The van der Waals surface area contributed by atoms with Crippen LogP contribution in [0.3, 0.4) is 0 Å². The van der Waals surface area contributed by atoms with E-state index in [-0.39, 0.29) is 5.02 Å². The highest BCUT2D eigenvalue weighted by Gasteiger charge is 2.28. The van der Waals surface area contributed by atoms with E-state index >= 15 is 0 Å². The Morgan fingerprint density at radius 2 is 2.00 bits per heavy atom. The van der Waals surface area contributed by atoms with Crippen LogP contribution in [0, 0.1) is 0 Å². The molecule has 2 rings (SSSR count). The van der Waals surface area contributed by atoms with E-state index in [0.717, 1.165) is 13.5 Å². The predicted octanol–water partition coefficient (Wildman–Crippen LogP) is 2.52. The van der Waals surface area contributed by atoms with Crippen molar-refractivity contribution in [2.75, 3.05) is 20.3 Å². The number of halogens is 2. The normalized spacial score (nSPS) is 15.2. The second-order valence-electron chi connectivity index (χ2n) is 4.10. The first kappa shape index (κ1) is 14.9. The molecule has 108 valence electrons. The van der Waals surface area contributed by atoms with Crippen molar-refractivity contribution in [2.45, 2.75) is 11.8 Å². The number of carbonyl (C=O) groups is 2. The molecule has 0 fully saturated rings. The molecule has 1 aliphatic heterocycles. The zero-order valence-electron chi connectivity index (χ0n) is 10.7. The number of fused-ring (bicyclic) bond motifs is 1. The van der Waals surface area contributed by atoms with E-state index in [1.807, 2.05) is 0 Å². The van der Waals surface area contributed by atoms with Gasteiger partial charge in [-0.05, 0) is 17.7 Å². The Morgan fingerprint density at radius 1 is 1.30 bits per heavy atom. The Morgan fingerprint density at radius 3 is 2.70 bits per heavy atom. The molecule has 0 aromatic heterocycles. The summed E-state index contributed by atoms with van der Waals surface area (Å²) in [6, 6.07) is 3.03. The fraction of sp³-hybridized carbons (Fsp3) is 0.385. The van der Waals surface area contributed by atoms with Gasteiger partial charge in [-0.3, -0.25) is 4.79 Å². The summed E-state index contributed by atoms with van der Waals surface area (Å²) in [5, 5.41) is -0.903. The zero-order chi connectivity index (χ0) is 14.7. The lowest BCUT2D eigenvalue weighted by Gasteiger charge is -2.13. The molecule has 0 aliphatic carbocycles. The summed E-state index contributed by atoms with van der Waals surface area (Å²) in [5.41, 5.74) is 0.358. The maximum absolute atomic E-state index is 11.7. The fourth-order valence-electron chi connectivity index (χ4n) is 1.75. The highest BCUT2D eigenvalue weighted by atomic mass is 35.5. The van der Waals surface area contributed by atoms with Gasteiger partial charge in [0.25, 0.3) is 5.78 Å². The lowest BCUT2D eigenvalue weighted by molar-refractivity contribution is -0.151. The van der Waals surface area contributed by atoms with E-state index in [4.69, 9.17) is 32.7 Å². The van der Waals surface area contributed by atoms with Crippen molar-refractivity contribution in [3.8, 4) is 11.5 Å².